The molecule has 1 heteroatoms. The Hall–Kier alpha value is -0.480. The van der Waals surface area contributed by atoms with Gasteiger partial charge in [-0.1, -0.05) is 33.1 Å². The third-order valence-corrected chi connectivity index (χ3v) is 3.53. The molecule has 1 saturated heterocycles. The van der Waals surface area contributed by atoms with Crippen molar-refractivity contribution in [2.24, 2.45) is 5.92 Å². The maximum Gasteiger partial charge on any atom is 0.0892 e. The lowest BCUT2D eigenvalue weighted by atomic mass is 10.00. The molecule has 0 spiro atoms. The topological polar surface area (TPSA) is 12.5 Å². The van der Waals surface area contributed by atoms with Crippen molar-refractivity contribution in [2.75, 3.05) is 0 Å². The smallest absolute Gasteiger partial charge is 0.0892 e. The van der Waals surface area contributed by atoms with Gasteiger partial charge in [-0.25, -0.2) is 0 Å². The van der Waals surface area contributed by atoms with Gasteiger partial charge >= 0.3 is 0 Å². The highest BCUT2D eigenvalue weighted by atomic mass is 16.6. The lowest BCUT2D eigenvalue weighted by Crippen LogP contribution is -2.04. The van der Waals surface area contributed by atoms with Crippen LogP contribution >= 0.6 is 0 Å². The minimum Gasteiger partial charge on any atom is -0.367 e. The van der Waals surface area contributed by atoms with E-state index < -0.39 is 0 Å². The molecule has 2 atom stereocenters. The molecule has 0 N–H and O–H groups in total. The molecule has 0 aromatic heterocycles. The summed E-state index contributed by atoms with van der Waals surface area (Å²) in [7, 11) is 0. The molecule has 0 amide bonds. The molecule has 0 bridgehead atoms. The van der Waals surface area contributed by atoms with Crippen LogP contribution in [0, 0.1) is 17.8 Å². The Bertz CT molecular complexity index is 269. The van der Waals surface area contributed by atoms with E-state index in [-0.39, 0.29) is 5.60 Å². The van der Waals surface area contributed by atoms with E-state index in [1.807, 2.05) is 0 Å². The van der Waals surface area contributed by atoms with E-state index in [0.29, 0.717) is 12.0 Å². The van der Waals surface area contributed by atoms with Crippen LogP contribution in [0.5, 0.6) is 0 Å². The summed E-state index contributed by atoms with van der Waals surface area (Å²) in [6.07, 6.45) is 9.17. The Labute approximate surface area is 107 Å². The number of hydrogen-bond donors (Lipinski definition) is 0. The quantitative estimate of drug-likeness (QED) is 0.359. The molecule has 0 aromatic rings. The second kappa shape index (κ2) is 7.07. The summed E-state index contributed by atoms with van der Waals surface area (Å²) in [5.41, 5.74) is 0.146. The number of ether oxygens (including phenoxy) is 1. The zero-order valence-corrected chi connectivity index (χ0v) is 12.0. The predicted octanol–water partition coefficient (Wildman–Crippen LogP) is 4.55. The van der Waals surface area contributed by atoms with Crippen LogP contribution in [0.25, 0.3) is 0 Å². The zero-order valence-electron chi connectivity index (χ0n) is 12.0. The number of epoxide rings is 1. The van der Waals surface area contributed by atoms with Gasteiger partial charge in [-0.15, -0.1) is 11.8 Å². The molecular weight excluding hydrogens is 208 g/mol. The molecule has 1 nitrogen and oxygen atoms in total. The second-order valence-electron chi connectivity index (χ2n) is 5.82. The SMILES string of the molecule is CCCCCCC#CC(C)CCC1OC1(C)C. The maximum absolute atomic E-state index is 5.58. The number of rotatable bonds is 7. The van der Waals surface area contributed by atoms with Gasteiger partial charge in [-0.3, -0.25) is 0 Å². The van der Waals surface area contributed by atoms with E-state index in [9.17, 15) is 0 Å². The highest BCUT2D eigenvalue weighted by Gasteiger charge is 2.46. The largest absolute Gasteiger partial charge is 0.367 e. The summed E-state index contributed by atoms with van der Waals surface area (Å²) < 4.78 is 5.58. The van der Waals surface area contributed by atoms with Crippen molar-refractivity contribution in [1.29, 1.82) is 0 Å². The van der Waals surface area contributed by atoms with Crippen molar-refractivity contribution in [3.05, 3.63) is 0 Å². The first-order valence-corrected chi connectivity index (χ1v) is 7.22. The first-order chi connectivity index (χ1) is 8.06. The van der Waals surface area contributed by atoms with Crippen LogP contribution in [0.15, 0.2) is 0 Å². The first-order valence-electron chi connectivity index (χ1n) is 7.22. The van der Waals surface area contributed by atoms with Gasteiger partial charge < -0.3 is 4.74 Å². The minimum atomic E-state index is 0.146. The first kappa shape index (κ1) is 14.6. The third-order valence-electron chi connectivity index (χ3n) is 3.53. The van der Waals surface area contributed by atoms with E-state index in [4.69, 9.17) is 4.74 Å². The Morgan fingerprint density at radius 2 is 1.94 bits per heavy atom. The van der Waals surface area contributed by atoms with Crippen molar-refractivity contribution >= 4 is 0 Å². The van der Waals surface area contributed by atoms with Crippen molar-refractivity contribution in [3.63, 3.8) is 0 Å². The van der Waals surface area contributed by atoms with Crippen molar-refractivity contribution < 1.29 is 4.74 Å². The summed E-state index contributed by atoms with van der Waals surface area (Å²) in [5.74, 6) is 7.21. The van der Waals surface area contributed by atoms with E-state index >= 15 is 0 Å². The third kappa shape index (κ3) is 6.13. The van der Waals surface area contributed by atoms with Gasteiger partial charge in [0.05, 0.1) is 11.7 Å². The van der Waals surface area contributed by atoms with Crippen LogP contribution in [0.2, 0.25) is 0 Å². The lowest BCUT2D eigenvalue weighted by molar-refractivity contribution is 0.316. The van der Waals surface area contributed by atoms with Crippen molar-refractivity contribution in [3.8, 4) is 11.8 Å². The van der Waals surface area contributed by atoms with E-state index in [1.165, 1.54) is 38.5 Å². The highest BCUT2D eigenvalue weighted by Crippen LogP contribution is 2.38. The normalized spacial score (nSPS) is 22.7. The van der Waals surface area contributed by atoms with Gasteiger partial charge in [0.2, 0.25) is 0 Å². The summed E-state index contributed by atoms with van der Waals surface area (Å²) in [4.78, 5) is 0. The molecule has 1 heterocycles. The Morgan fingerprint density at radius 1 is 1.24 bits per heavy atom. The summed E-state index contributed by atoms with van der Waals surface area (Å²) in [5, 5.41) is 0. The predicted molar refractivity (Wildman–Crippen MR) is 73.9 cm³/mol. The van der Waals surface area contributed by atoms with Gasteiger partial charge in [0.15, 0.2) is 0 Å². The van der Waals surface area contributed by atoms with Gasteiger partial charge in [0.1, 0.15) is 0 Å². The molecular formula is C16H28O. The number of hydrogen-bond acceptors (Lipinski definition) is 1. The van der Waals surface area contributed by atoms with E-state index in [0.717, 1.165) is 6.42 Å². The van der Waals surface area contributed by atoms with Gasteiger partial charge in [0, 0.05) is 12.3 Å². The van der Waals surface area contributed by atoms with E-state index in [2.05, 4.69) is 39.5 Å². The molecule has 1 fully saturated rings. The van der Waals surface area contributed by atoms with Gasteiger partial charge in [0.25, 0.3) is 0 Å². The number of unbranched alkanes of at least 4 members (excludes halogenated alkanes) is 4. The van der Waals surface area contributed by atoms with Crippen LogP contribution in [0.1, 0.15) is 72.6 Å². The van der Waals surface area contributed by atoms with Crippen LogP contribution in [0.3, 0.4) is 0 Å². The fourth-order valence-corrected chi connectivity index (χ4v) is 2.10. The van der Waals surface area contributed by atoms with E-state index in [1.54, 1.807) is 0 Å². The van der Waals surface area contributed by atoms with Crippen LogP contribution in [-0.2, 0) is 4.74 Å². The average Bonchev–Trinajstić information content (AvgIpc) is 2.89. The molecule has 1 rings (SSSR count). The fourth-order valence-electron chi connectivity index (χ4n) is 2.10. The molecule has 1 aliphatic rings. The Morgan fingerprint density at radius 3 is 2.53 bits per heavy atom. The standard InChI is InChI=1S/C16H28O/c1-5-6-7-8-9-10-11-14(2)12-13-15-16(3,4)17-15/h14-15H,5-9,12-13H2,1-4H3. The van der Waals surface area contributed by atoms with Crippen LogP contribution in [0.4, 0.5) is 0 Å². The molecule has 1 aliphatic heterocycles. The summed E-state index contributed by atoms with van der Waals surface area (Å²) in [6, 6.07) is 0. The molecule has 98 valence electrons. The monoisotopic (exact) mass is 236 g/mol. The average molecular weight is 236 g/mol. The van der Waals surface area contributed by atoms with Gasteiger partial charge in [-0.05, 0) is 33.1 Å². The Balaban J connectivity index is 2.00. The van der Waals surface area contributed by atoms with Crippen molar-refractivity contribution in [2.45, 2.75) is 84.3 Å². The van der Waals surface area contributed by atoms with Crippen molar-refractivity contribution in [1.82, 2.24) is 0 Å². The molecule has 0 radical (unpaired) electrons. The highest BCUT2D eigenvalue weighted by molar-refractivity contribution is 5.03. The second-order valence-corrected chi connectivity index (χ2v) is 5.82. The Kier molecular flexibility index (Phi) is 6.06. The molecule has 0 aromatic carbocycles. The lowest BCUT2D eigenvalue weighted by Gasteiger charge is -2.02. The molecule has 0 aliphatic carbocycles. The van der Waals surface area contributed by atoms with Crippen LogP contribution < -0.4 is 0 Å². The molecule has 2 unspecified atom stereocenters. The van der Waals surface area contributed by atoms with Crippen LogP contribution in [-0.4, -0.2) is 11.7 Å². The summed E-state index contributed by atoms with van der Waals surface area (Å²) >= 11 is 0. The fraction of sp³-hybridized carbons (Fsp3) is 0.875. The maximum atomic E-state index is 5.58. The molecule has 17 heavy (non-hydrogen) atoms. The van der Waals surface area contributed by atoms with Gasteiger partial charge in [-0.2, -0.15) is 0 Å². The summed E-state index contributed by atoms with van der Waals surface area (Å²) in [6.45, 7) is 8.81. The molecule has 0 saturated carbocycles. The zero-order chi connectivity index (χ0) is 12.7. The minimum absolute atomic E-state index is 0.146.